The first-order valence-corrected chi connectivity index (χ1v) is 6.63. The Bertz CT molecular complexity index is 632. The maximum atomic E-state index is 5.78. The Morgan fingerprint density at radius 3 is 2.70 bits per heavy atom. The zero-order valence-corrected chi connectivity index (χ0v) is 11.3. The second kappa shape index (κ2) is 5.23. The lowest BCUT2D eigenvalue weighted by atomic mass is 10.2. The minimum absolute atomic E-state index is 0.442. The Balaban J connectivity index is 1.68. The first-order chi connectivity index (χ1) is 9.74. The summed E-state index contributed by atoms with van der Waals surface area (Å²) in [6, 6.07) is 8.20. The molecule has 1 aromatic carbocycles. The van der Waals surface area contributed by atoms with Crippen LogP contribution in [0.25, 0.3) is 0 Å². The van der Waals surface area contributed by atoms with E-state index >= 15 is 0 Å². The van der Waals surface area contributed by atoms with E-state index in [1.165, 1.54) is 0 Å². The molecule has 3 N–H and O–H groups in total. The molecule has 1 aromatic rings. The molecule has 1 aliphatic heterocycles. The zero-order chi connectivity index (χ0) is 13.9. The molecule has 102 valence electrons. The molecule has 5 heteroatoms. The first-order valence-electron chi connectivity index (χ1n) is 6.63. The fourth-order valence-electron chi connectivity index (χ4n) is 1.83. The molecule has 2 aliphatic rings. The second-order valence-electron chi connectivity index (χ2n) is 4.82. The van der Waals surface area contributed by atoms with Crippen LogP contribution >= 0.6 is 0 Å². The van der Waals surface area contributed by atoms with Gasteiger partial charge in [0.05, 0.1) is 18.7 Å². The molecule has 0 amide bonds. The Hall–Kier alpha value is -2.52. The Labute approximate surface area is 117 Å². The molecule has 1 fully saturated rings. The van der Waals surface area contributed by atoms with E-state index < -0.39 is 0 Å². The summed E-state index contributed by atoms with van der Waals surface area (Å²) >= 11 is 0. The number of hydrogen-bond acceptors (Lipinski definition) is 3. The van der Waals surface area contributed by atoms with Crippen molar-refractivity contribution in [1.82, 2.24) is 9.98 Å². The average molecular weight is 269 g/mol. The maximum absolute atomic E-state index is 5.78. The number of nitrogens with two attached hydrogens (primary N) is 1. The number of rotatable bonds is 5. The van der Waals surface area contributed by atoms with Gasteiger partial charge in [-0.1, -0.05) is 0 Å². The predicted molar refractivity (Wildman–Crippen MR) is 81.2 cm³/mol. The topological polar surface area (TPSA) is 73.7 Å². The van der Waals surface area contributed by atoms with E-state index in [-0.39, 0.29) is 0 Å². The van der Waals surface area contributed by atoms with Crippen LogP contribution in [0.15, 0.2) is 41.4 Å². The van der Waals surface area contributed by atoms with Crippen LogP contribution in [0.2, 0.25) is 0 Å². The summed E-state index contributed by atoms with van der Waals surface area (Å²) in [5.41, 5.74) is 6.81. The summed E-state index contributed by atoms with van der Waals surface area (Å²) in [6.45, 7) is 0. The van der Waals surface area contributed by atoms with Gasteiger partial charge in [-0.3, -0.25) is 4.99 Å². The second-order valence-corrected chi connectivity index (χ2v) is 4.82. The van der Waals surface area contributed by atoms with Crippen molar-refractivity contribution in [3.05, 3.63) is 42.0 Å². The third kappa shape index (κ3) is 2.90. The van der Waals surface area contributed by atoms with Gasteiger partial charge in [0.25, 0.3) is 0 Å². The quantitative estimate of drug-likeness (QED) is 0.467. The van der Waals surface area contributed by atoms with Crippen LogP contribution in [-0.2, 0) is 0 Å². The number of nitrogens with zero attached hydrogens (tertiary/aromatic N) is 2. The highest BCUT2D eigenvalue weighted by Gasteiger charge is 2.22. The van der Waals surface area contributed by atoms with E-state index in [2.05, 4.69) is 15.0 Å². The van der Waals surface area contributed by atoms with Gasteiger partial charge in [0.15, 0.2) is 0 Å². The lowest BCUT2D eigenvalue weighted by Crippen LogP contribution is -2.43. The van der Waals surface area contributed by atoms with E-state index in [9.17, 15) is 0 Å². The highest BCUT2D eigenvalue weighted by atomic mass is 16.5. The van der Waals surface area contributed by atoms with Crippen LogP contribution in [-0.4, -0.2) is 30.7 Å². The van der Waals surface area contributed by atoms with Crippen molar-refractivity contribution in [2.45, 2.75) is 18.9 Å². The van der Waals surface area contributed by atoms with Gasteiger partial charge >= 0.3 is 11.7 Å². The highest BCUT2D eigenvalue weighted by molar-refractivity contribution is 6.20. The number of ether oxygens (including phenoxy) is 1. The number of benzene rings is 1. The SMILES string of the molecule is COc1ccc(C2=[N+]=C(/C=C\C(N)=NC3CC3)N2)cc1. The Morgan fingerprint density at radius 1 is 1.40 bits per heavy atom. The summed E-state index contributed by atoms with van der Waals surface area (Å²) in [6.07, 6.45) is 5.94. The lowest BCUT2D eigenvalue weighted by Gasteiger charge is -2.06. The van der Waals surface area contributed by atoms with E-state index in [0.29, 0.717) is 11.9 Å². The molecule has 1 aliphatic carbocycles. The van der Waals surface area contributed by atoms with Gasteiger partial charge < -0.3 is 10.5 Å². The number of aliphatic imine (C=N–C) groups is 1. The number of nitrogens with one attached hydrogen (secondary N) is 1. The van der Waals surface area contributed by atoms with Crippen LogP contribution < -0.4 is 20.5 Å². The van der Waals surface area contributed by atoms with Crippen molar-refractivity contribution in [3.8, 4) is 5.75 Å². The molecular formula is C15H17N4O+. The highest BCUT2D eigenvalue weighted by Crippen LogP contribution is 2.23. The predicted octanol–water partition coefficient (Wildman–Crippen LogP) is 0.586. The van der Waals surface area contributed by atoms with Crippen molar-refractivity contribution < 1.29 is 4.74 Å². The van der Waals surface area contributed by atoms with Gasteiger partial charge in [0.2, 0.25) is 0 Å². The lowest BCUT2D eigenvalue weighted by molar-refractivity contribution is 0.415. The molecular weight excluding hydrogens is 252 g/mol. The summed E-state index contributed by atoms with van der Waals surface area (Å²) in [5.74, 6) is 3.05. The number of amidine groups is 3. The van der Waals surface area contributed by atoms with Gasteiger partial charge in [-0.15, -0.1) is 0 Å². The monoisotopic (exact) mass is 269 g/mol. The molecule has 0 unspecified atom stereocenters. The molecule has 0 saturated heterocycles. The number of hydrogen-bond donors (Lipinski definition) is 2. The van der Waals surface area contributed by atoms with Gasteiger partial charge in [-0.25, -0.2) is 9.98 Å². The summed E-state index contributed by atoms with van der Waals surface area (Å²) in [5, 5.41) is 3.19. The van der Waals surface area contributed by atoms with E-state index in [0.717, 1.165) is 35.8 Å². The smallest absolute Gasteiger partial charge is 0.324 e. The van der Waals surface area contributed by atoms with Crippen molar-refractivity contribution >= 4 is 17.5 Å². The third-order valence-electron chi connectivity index (χ3n) is 3.13. The standard InChI is InChI=1S/C15H16N4O/c1-20-12-6-2-10(3-7-12)15-18-14(19-15)9-8-13(16)17-11-4-5-11/h2-3,6-9,11H,4-5H2,1H3,(H2,16,17)/p+1/b9-8-. The largest absolute Gasteiger partial charge is 0.497 e. The molecule has 0 spiro atoms. The van der Waals surface area contributed by atoms with E-state index in [4.69, 9.17) is 10.5 Å². The maximum Gasteiger partial charge on any atom is 0.324 e. The van der Waals surface area contributed by atoms with E-state index in [1.807, 2.05) is 30.3 Å². The minimum atomic E-state index is 0.442. The normalized spacial score (nSPS) is 18.1. The minimum Gasteiger partial charge on any atom is -0.497 e. The molecule has 0 bridgehead atoms. The van der Waals surface area contributed by atoms with Crippen molar-refractivity contribution in [3.63, 3.8) is 0 Å². The van der Waals surface area contributed by atoms with Gasteiger partial charge in [0, 0.05) is 6.08 Å². The van der Waals surface area contributed by atoms with Crippen molar-refractivity contribution in [2.75, 3.05) is 7.11 Å². The first kappa shape index (κ1) is 12.5. The van der Waals surface area contributed by atoms with Gasteiger partial charge in [-0.05, 0) is 43.2 Å². The molecule has 0 radical (unpaired) electrons. The van der Waals surface area contributed by atoms with Gasteiger partial charge in [-0.2, -0.15) is 0 Å². The Kier molecular flexibility index (Phi) is 3.27. The van der Waals surface area contributed by atoms with Crippen LogP contribution in [0, 0.1) is 0 Å². The Morgan fingerprint density at radius 2 is 2.10 bits per heavy atom. The van der Waals surface area contributed by atoms with Crippen LogP contribution in [0.5, 0.6) is 5.75 Å². The zero-order valence-electron chi connectivity index (χ0n) is 11.3. The molecule has 1 saturated carbocycles. The van der Waals surface area contributed by atoms with E-state index in [1.54, 1.807) is 13.2 Å². The summed E-state index contributed by atoms with van der Waals surface area (Å²) in [7, 11) is 1.65. The third-order valence-corrected chi connectivity index (χ3v) is 3.13. The van der Waals surface area contributed by atoms with Crippen LogP contribution in [0.1, 0.15) is 18.4 Å². The molecule has 5 nitrogen and oxygen atoms in total. The van der Waals surface area contributed by atoms with Crippen LogP contribution in [0.4, 0.5) is 0 Å². The molecule has 0 atom stereocenters. The van der Waals surface area contributed by atoms with Crippen molar-refractivity contribution in [1.29, 1.82) is 0 Å². The molecule has 1 heterocycles. The van der Waals surface area contributed by atoms with Crippen molar-refractivity contribution in [2.24, 2.45) is 10.7 Å². The van der Waals surface area contributed by atoms with Gasteiger partial charge in [0.1, 0.15) is 11.6 Å². The number of methoxy groups -OCH3 is 1. The molecule has 20 heavy (non-hydrogen) atoms. The van der Waals surface area contributed by atoms with Crippen LogP contribution in [0.3, 0.4) is 0 Å². The molecule has 3 rings (SSSR count). The fourth-order valence-corrected chi connectivity index (χ4v) is 1.83. The molecule has 0 aromatic heterocycles. The summed E-state index contributed by atoms with van der Waals surface area (Å²) in [4.78, 5) is 4.32. The fraction of sp³-hybridized carbons (Fsp3) is 0.267. The average Bonchev–Trinajstić information content (AvgIpc) is 3.21. The summed E-state index contributed by atoms with van der Waals surface area (Å²) < 4.78 is 9.52.